The van der Waals surface area contributed by atoms with Crippen LogP contribution in [0.1, 0.15) is 16.7 Å². The van der Waals surface area contributed by atoms with Gasteiger partial charge >= 0.3 is 12.4 Å². The van der Waals surface area contributed by atoms with Crippen molar-refractivity contribution in [1.29, 1.82) is 0 Å². The summed E-state index contributed by atoms with van der Waals surface area (Å²) in [5.74, 6) is 0. The van der Waals surface area contributed by atoms with Gasteiger partial charge in [-0.3, -0.25) is 4.79 Å². The highest BCUT2D eigenvalue weighted by Gasteiger charge is 2.36. The van der Waals surface area contributed by atoms with Gasteiger partial charge in [0.25, 0.3) is 0 Å². The van der Waals surface area contributed by atoms with Crippen molar-refractivity contribution in [3.63, 3.8) is 0 Å². The van der Waals surface area contributed by atoms with Gasteiger partial charge in [0.1, 0.15) is 0 Å². The van der Waals surface area contributed by atoms with Crippen molar-refractivity contribution in [3.05, 3.63) is 34.9 Å². The Kier molecular flexibility index (Phi) is 6.33. The average molecular weight is 322 g/mol. The molecule has 0 aromatic heterocycles. The van der Waals surface area contributed by atoms with Gasteiger partial charge in [0.15, 0.2) is 0 Å². The summed E-state index contributed by atoms with van der Waals surface area (Å²) in [5.41, 5.74) is -2.86. The van der Waals surface area contributed by atoms with E-state index in [1.807, 2.05) is 0 Å². The number of benzene rings is 1. The maximum atomic E-state index is 12.5. The number of hydrogen-bond acceptors (Lipinski definition) is 1. The largest absolute Gasteiger partial charge is 0.416 e. The fourth-order valence-corrected chi connectivity index (χ4v) is 1.44. The summed E-state index contributed by atoms with van der Waals surface area (Å²) < 4.78 is 74.9. The van der Waals surface area contributed by atoms with Crippen molar-refractivity contribution in [2.75, 3.05) is 6.54 Å². The van der Waals surface area contributed by atoms with E-state index >= 15 is 0 Å². The molecule has 1 amide bonds. The number of rotatable bonds is 4. The minimum Gasteiger partial charge on any atom is -0.358 e. The van der Waals surface area contributed by atoms with Crippen molar-refractivity contribution in [2.45, 2.75) is 18.8 Å². The number of nitrogens with one attached hydrogen (secondary N) is 1. The van der Waals surface area contributed by atoms with Crippen LogP contribution in [0, 0.1) is 0 Å². The van der Waals surface area contributed by atoms with E-state index in [-0.39, 0.29) is 37.0 Å². The highest BCUT2D eigenvalue weighted by Crippen LogP contribution is 2.36. The fourth-order valence-electron chi connectivity index (χ4n) is 1.44. The molecular weight excluding hydrogens is 312 g/mol. The molecule has 1 rings (SSSR count). The Balaban J connectivity index is 0.00000361. The molecule has 0 saturated carbocycles. The molecule has 0 spiro atoms. The molecule has 2 nitrogen and oxygen atoms in total. The van der Waals surface area contributed by atoms with Crippen LogP contribution in [-0.4, -0.2) is 13.0 Å². The normalized spacial score (nSPS) is 11.7. The number of carbonyl (C=O) groups is 1. The zero-order valence-electron chi connectivity index (χ0n) is 9.81. The van der Waals surface area contributed by atoms with Gasteiger partial charge in [-0.05, 0) is 30.2 Å². The number of carbonyl (C=O) groups excluding carboxylic acids is 1. The average Bonchev–Trinajstić information content (AvgIpc) is 2.27. The molecule has 0 aliphatic heterocycles. The van der Waals surface area contributed by atoms with E-state index in [9.17, 15) is 31.1 Å². The van der Waals surface area contributed by atoms with E-state index in [1.165, 1.54) is 0 Å². The zero-order valence-corrected chi connectivity index (χ0v) is 10.6. The van der Waals surface area contributed by atoms with Crippen LogP contribution in [0.4, 0.5) is 26.3 Å². The van der Waals surface area contributed by atoms with Gasteiger partial charge in [-0.25, -0.2) is 0 Å². The van der Waals surface area contributed by atoms with E-state index in [4.69, 9.17) is 0 Å². The van der Waals surface area contributed by atoms with Crippen LogP contribution in [0.15, 0.2) is 18.2 Å². The zero-order chi connectivity index (χ0) is 14.7. The van der Waals surface area contributed by atoms with E-state index < -0.39 is 23.5 Å². The summed E-state index contributed by atoms with van der Waals surface area (Å²) in [5, 5.41) is 2.17. The van der Waals surface area contributed by atoms with Crippen LogP contribution in [0.25, 0.3) is 0 Å². The Bertz CT molecular complexity index is 425. The quantitative estimate of drug-likeness (QED) is 0.514. The highest BCUT2D eigenvalue weighted by atomic mass is 35.5. The smallest absolute Gasteiger partial charge is 0.358 e. The Hall–Kier alpha value is -1.44. The predicted molar refractivity (Wildman–Crippen MR) is 61.5 cm³/mol. The van der Waals surface area contributed by atoms with Crippen molar-refractivity contribution >= 4 is 18.8 Å². The van der Waals surface area contributed by atoms with E-state index in [0.717, 1.165) is 0 Å². The summed E-state index contributed by atoms with van der Waals surface area (Å²) in [7, 11) is 0. The molecule has 0 aliphatic rings. The van der Waals surface area contributed by atoms with Gasteiger partial charge in [-0.15, -0.1) is 12.4 Å². The summed E-state index contributed by atoms with van der Waals surface area (Å²) in [6.45, 7) is -0.0396. The lowest BCUT2D eigenvalue weighted by Crippen LogP contribution is -2.16. The first-order chi connectivity index (χ1) is 8.64. The van der Waals surface area contributed by atoms with Crippen LogP contribution in [-0.2, 0) is 23.6 Å². The number of amides is 1. The third-order valence-corrected chi connectivity index (χ3v) is 2.29. The van der Waals surface area contributed by atoms with Crippen LogP contribution in [0.2, 0.25) is 0 Å². The van der Waals surface area contributed by atoms with E-state index in [2.05, 4.69) is 5.32 Å². The minimum absolute atomic E-state index is 0. The van der Waals surface area contributed by atoms with Crippen molar-refractivity contribution in [2.24, 2.45) is 0 Å². The van der Waals surface area contributed by atoms with Gasteiger partial charge in [0, 0.05) is 6.54 Å². The minimum atomic E-state index is -4.85. The molecular formula is C11H10ClF6NO. The highest BCUT2D eigenvalue weighted by molar-refractivity contribution is 5.85. The molecule has 1 N–H and O–H groups in total. The third kappa shape index (κ3) is 5.28. The molecule has 0 fully saturated rings. The molecule has 1 aromatic carbocycles. The van der Waals surface area contributed by atoms with Gasteiger partial charge in [-0.1, -0.05) is 0 Å². The lowest BCUT2D eigenvalue weighted by molar-refractivity contribution is -0.143. The molecule has 0 radical (unpaired) electrons. The van der Waals surface area contributed by atoms with Crippen LogP contribution in [0.5, 0.6) is 0 Å². The molecule has 0 heterocycles. The molecule has 0 bridgehead atoms. The van der Waals surface area contributed by atoms with Crippen LogP contribution >= 0.6 is 12.4 Å². The lowest BCUT2D eigenvalue weighted by atomic mass is 10.0. The molecule has 0 unspecified atom stereocenters. The SMILES string of the molecule is Cl.O=CNCCc1cc(C(F)(F)F)cc(C(F)(F)F)c1. The number of alkyl halides is 6. The molecule has 114 valence electrons. The van der Waals surface area contributed by atoms with E-state index in [0.29, 0.717) is 18.5 Å². The first kappa shape index (κ1) is 18.6. The maximum absolute atomic E-state index is 12.5. The Labute approximate surface area is 116 Å². The van der Waals surface area contributed by atoms with Crippen molar-refractivity contribution < 1.29 is 31.1 Å². The van der Waals surface area contributed by atoms with Gasteiger partial charge in [0.05, 0.1) is 11.1 Å². The van der Waals surface area contributed by atoms with Gasteiger partial charge in [-0.2, -0.15) is 26.3 Å². The molecule has 9 heteroatoms. The van der Waals surface area contributed by atoms with Gasteiger partial charge in [0.2, 0.25) is 6.41 Å². The van der Waals surface area contributed by atoms with Crippen molar-refractivity contribution in [1.82, 2.24) is 5.32 Å². The third-order valence-electron chi connectivity index (χ3n) is 2.29. The first-order valence-corrected chi connectivity index (χ1v) is 5.10. The molecule has 0 saturated heterocycles. The van der Waals surface area contributed by atoms with Crippen LogP contribution in [0.3, 0.4) is 0 Å². The molecule has 0 aliphatic carbocycles. The summed E-state index contributed by atoms with van der Waals surface area (Å²) in [6, 6.07) is 1.35. The standard InChI is InChI=1S/C11H9F6NO.ClH/c12-10(13,14)8-3-7(1-2-18-6-19)4-9(5-8)11(15,16)17;/h3-6H,1-2H2,(H,18,19);1H. The van der Waals surface area contributed by atoms with E-state index in [1.54, 1.807) is 0 Å². The summed E-state index contributed by atoms with van der Waals surface area (Å²) in [6.07, 6.45) is -9.51. The Morgan fingerprint density at radius 2 is 1.40 bits per heavy atom. The lowest BCUT2D eigenvalue weighted by Gasteiger charge is -2.14. The molecule has 1 aromatic rings. The number of hydrogen-bond donors (Lipinski definition) is 1. The maximum Gasteiger partial charge on any atom is 0.416 e. The topological polar surface area (TPSA) is 29.1 Å². The summed E-state index contributed by atoms with van der Waals surface area (Å²) >= 11 is 0. The number of halogens is 7. The first-order valence-electron chi connectivity index (χ1n) is 5.10. The van der Waals surface area contributed by atoms with Crippen LogP contribution < -0.4 is 5.32 Å². The Morgan fingerprint density at radius 1 is 0.950 bits per heavy atom. The predicted octanol–water partition coefficient (Wildman–Crippen LogP) is 3.43. The summed E-state index contributed by atoms with van der Waals surface area (Å²) in [4.78, 5) is 9.98. The monoisotopic (exact) mass is 321 g/mol. The van der Waals surface area contributed by atoms with Crippen molar-refractivity contribution in [3.8, 4) is 0 Å². The fraction of sp³-hybridized carbons (Fsp3) is 0.364. The second-order valence-corrected chi connectivity index (χ2v) is 3.74. The second kappa shape index (κ2) is 6.83. The molecule has 20 heavy (non-hydrogen) atoms. The Morgan fingerprint density at radius 3 is 1.75 bits per heavy atom. The molecule has 0 atom stereocenters. The van der Waals surface area contributed by atoms with Gasteiger partial charge < -0.3 is 5.32 Å². The second-order valence-electron chi connectivity index (χ2n) is 3.74.